The monoisotopic (exact) mass is 327 g/mol. The molecule has 7 nitrogen and oxygen atoms in total. The number of nitrogens with one attached hydrogen (secondary N) is 1. The van der Waals surface area contributed by atoms with Gasteiger partial charge in [-0.1, -0.05) is 0 Å². The number of sulfone groups is 1. The molecule has 1 aromatic heterocycles. The Morgan fingerprint density at radius 3 is 2.19 bits per heavy atom. The van der Waals surface area contributed by atoms with E-state index in [1.165, 1.54) is 42.6 Å². The minimum absolute atomic E-state index is 0.103. The SMILES string of the molecule is CS(=O)(=O)c1ccc(NS(=O)(=O)c2cccnc2N)cc1. The van der Waals surface area contributed by atoms with Crippen LogP contribution in [0.25, 0.3) is 0 Å². The second kappa shape index (κ2) is 5.34. The fourth-order valence-corrected chi connectivity index (χ4v) is 3.38. The van der Waals surface area contributed by atoms with Crippen LogP contribution in [0.3, 0.4) is 0 Å². The summed E-state index contributed by atoms with van der Waals surface area (Å²) >= 11 is 0. The van der Waals surface area contributed by atoms with Crippen molar-refractivity contribution in [1.29, 1.82) is 0 Å². The third-order valence-electron chi connectivity index (χ3n) is 2.62. The highest BCUT2D eigenvalue weighted by atomic mass is 32.2. The van der Waals surface area contributed by atoms with Crippen LogP contribution in [0.2, 0.25) is 0 Å². The summed E-state index contributed by atoms with van der Waals surface area (Å²) in [6.07, 6.45) is 2.46. The molecule has 3 N–H and O–H groups in total. The molecule has 9 heteroatoms. The number of anilines is 2. The van der Waals surface area contributed by atoms with E-state index in [0.29, 0.717) is 0 Å². The molecule has 2 aromatic rings. The minimum atomic E-state index is -3.88. The first-order valence-corrected chi connectivity index (χ1v) is 9.11. The zero-order chi connectivity index (χ0) is 15.7. The molecule has 2 rings (SSSR count). The number of hydrogen-bond acceptors (Lipinski definition) is 6. The van der Waals surface area contributed by atoms with Gasteiger partial charge in [-0.25, -0.2) is 21.8 Å². The van der Waals surface area contributed by atoms with E-state index in [4.69, 9.17) is 5.73 Å². The summed E-state index contributed by atoms with van der Waals surface area (Å²) in [7, 11) is -7.21. The summed E-state index contributed by atoms with van der Waals surface area (Å²) in [5, 5.41) is 0. The second-order valence-corrected chi connectivity index (χ2v) is 7.96. The molecule has 0 saturated carbocycles. The molecule has 0 amide bonds. The van der Waals surface area contributed by atoms with Gasteiger partial charge in [0.1, 0.15) is 10.7 Å². The first kappa shape index (κ1) is 15.3. The molecule has 0 bridgehead atoms. The number of pyridine rings is 1. The lowest BCUT2D eigenvalue weighted by Gasteiger charge is -2.09. The van der Waals surface area contributed by atoms with Crippen LogP contribution in [0.4, 0.5) is 11.5 Å². The van der Waals surface area contributed by atoms with Gasteiger partial charge in [0, 0.05) is 18.1 Å². The summed E-state index contributed by atoms with van der Waals surface area (Å²) in [4.78, 5) is 3.67. The maximum Gasteiger partial charge on any atom is 0.265 e. The van der Waals surface area contributed by atoms with Crippen LogP contribution in [0, 0.1) is 0 Å². The van der Waals surface area contributed by atoms with E-state index in [1.807, 2.05) is 0 Å². The van der Waals surface area contributed by atoms with Gasteiger partial charge < -0.3 is 5.73 Å². The van der Waals surface area contributed by atoms with Gasteiger partial charge in [0.2, 0.25) is 0 Å². The molecule has 0 saturated heterocycles. The molecule has 0 aliphatic rings. The largest absolute Gasteiger partial charge is 0.383 e. The molecule has 0 unspecified atom stereocenters. The molecule has 0 atom stereocenters. The number of nitrogens with zero attached hydrogens (tertiary/aromatic N) is 1. The normalized spacial score (nSPS) is 12.0. The van der Waals surface area contributed by atoms with Gasteiger partial charge in [0.25, 0.3) is 10.0 Å². The lowest BCUT2D eigenvalue weighted by molar-refractivity contribution is 0.600. The molecular weight excluding hydrogens is 314 g/mol. The molecule has 0 spiro atoms. The Bertz CT molecular complexity index is 860. The number of aromatic nitrogens is 1. The standard InChI is InChI=1S/C12H13N3O4S2/c1-20(16,17)10-6-4-9(5-7-10)15-21(18,19)11-3-2-8-14-12(11)13/h2-8,15H,1H3,(H2,13,14). The first-order chi connectivity index (χ1) is 9.70. The van der Waals surface area contributed by atoms with Crippen molar-refractivity contribution in [2.24, 2.45) is 0 Å². The maximum absolute atomic E-state index is 12.2. The highest BCUT2D eigenvalue weighted by Gasteiger charge is 2.18. The number of sulfonamides is 1. The van der Waals surface area contributed by atoms with Gasteiger partial charge in [-0.05, 0) is 36.4 Å². The van der Waals surface area contributed by atoms with Crippen LogP contribution in [0.15, 0.2) is 52.4 Å². The van der Waals surface area contributed by atoms with Crippen molar-refractivity contribution < 1.29 is 16.8 Å². The Morgan fingerprint density at radius 2 is 1.67 bits per heavy atom. The van der Waals surface area contributed by atoms with Gasteiger partial charge >= 0.3 is 0 Å². The molecule has 21 heavy (non-hydrogen) atoms. The van der Waals surface area contributed by atoms with Crippen molar-refractivity contribution in [3.05, 3.63) is 42.6 Å². The average Bonchev–Trinajstić information content (AvgIpc) is 2.38. The van der Waals surface area contributed by atoms with Crippen molar-refractivity contribution in [2.75, 3.05) is 16.7 Å². The highest BCUT2D eigenvalue weighted by Crippen LogP contribution is 2.20. The molecule has 112 valence electrons. The Labute approximate surface area is 122 Å². The second-order valence-electron chi connectivity index (χ2n) is 4.29. The number of benzene rings is 1. The Morgan fingerprint density at radius 1 is 1.05 bits per heavy atom. The quantitative estimate of drug-likeness (QED) is 0.860. The van der Waals surface area contributed by atoms with Crippen molar-refractivity contribution >= 4 is 31.4 Å². The van der Waals surface area contributed by atoms with Crippen molar-refractivity contribution in [3.8, 4) is 0 Å². The van der Waals surface area contributed by atoms with E-state index >= 15 is 0 Å². The zero-order valence-corrected chi connectivity index (χ0v) is 12.6. The molecule has 1 aromatic carbocycles. The number of hydrogen-bond donors (Lipinski definition) is 2. The molecule has 0 fully saturated rings. The van der Waals surface area contributed by atoms with Crippen molar-refractivity contribution in [2.45, 2.75) is 9.79 Å². The Kier molecular flexibility index (Phi) is 3.88. The van der Waals surface area contributed by atoms with Crippen LogP contribution >= 0.6 is 0 Å². The summed E-state index contributed by atoms with van der Waals surface area (Å²) in [5.74, 6) is -0.113. The number of nitrogens with two attached hydrogens (primary N) is 1. The molecule has 1 heterocycles. The lowest BCUT2D eigenvalue weighted by Crippen LogP contribution is -2.15. The van der Waals surface area contributed by atoms with Crippen LogP contribution in [0.1, 0.15) is 0 Å². The van der Waals surface area contributed by atoms with Crippen molar-refractivity contribution in [3.63, 3.8) is 0 Å². The fraction of sp³-hybridized carbons (Fsp3) is 0.0833. The van der Waals surface area contributed by atoms with Gasteiger partial charge in [-0.15, -0.1) is 0 Å². The number of nitrogen functional groups attached to an aromatic ring is 1. The predicted octanol–water partition coefficient (Wildman–Crippen LogP) is 0.868. The molecular formula is C12H13N3O4S2. The first-order valence-electron chi connectivity index (χ1n) is 5.73. The van der Waals surface area contributed by atoms with E-state index in [-0.39, 0.29) is 21.3 Å². The summed E-state index contributed by atoms with van der Waals surface area (Å²) in [6.45, 7) is 0. The third-order valence-corrected chi connectivity index (χ3v) is 5.18. The van der Waals surface area contributed by atoms with E-state index in [9.17, 15) is 16.8 Å². The van der Waals surface area contributed by atoms with Crippen LogP contribution in [0.5, 0.6) is 0 Å². The molecule has 0 aliphatic heterocycles. The Balaban J connectivity index is 2.32. The highest BCUT2D eigenvalue weighted by molar-refractivity contribution is 7.93. The third kappa shape index (κ3) is 3.50. The van der Waals surface area contributed by atoms with E-state index in [1.54, 1.807) is 0 Å². The van der Waals surface area contributed by atoms with Crippen LogP contribution < -0.4 is 10.5 Å². The summed E-state index contributed by atoms with van der Waals surface area (Å²) < 4.78 is 49.3. The average molecular weight is 327 g/mol. The molecule has 0 radical (unpaired) electrons. The minimum Gasteiger partial charge on any atom is -0.383 e. The summed E-state index contributed by atoms with van der Waals surface area (Å²) in [6, 6.07) is 8.15. The van der Waals surface area contributed by atoms with Gasteiger partial charge in [-0.2, -0.15) is 0 Å². The van der Waals surface area contributed by atoms with Crippen molar-refractivity contribution in [1.82, 2.24) is 4.98 Å². The summed E-state index contributed by atoms with van der Waals surface area (Å²) in [5.41, 5.74) is 5.76. The fourth-order valence-electron chi connectivity index (χ4n) is 1.61. The maximum atomic E-state index is 12.2. The predicted molar refractivity (Wildman–Crippen MR) is 79.0 cm³/mol. The molecule has 0 aliphatic carbocycles. The van der Waals surface area contributed by atoms with Gasteiger partial charge in [0.05, 0.1) is 4.90 Å². The van der Waals surface area contributed by atoms with E-state index in [2.05, 4.69) is 9.71 Å². The number of rotatable bonds is 4. The lowest BCUT2D eigenvalue weighted by atomic mass is 10.3. The van der Waals surface area contributed by atoms with E-state index < -0.39 is 19.9 Å². The van der Waals surface area contributed by atoms with Gasteiger partial charge in [-0.3, -0.25) is 4.72 Å². The van der Waals surface area contributed by atoms with Crippen LogP contribution in [-0.2, 0) is 19.9 Å². The smallest absolute Gasteiger partial charge is 0.265 e. The van der Waals surface area contributed by atoms with Gasteiger partial charge in [0.15, 0.2) is 9.84 Å². The Hall–Kier alpha value is -2.13. The zero-order valence-electron chi connectivity index (χ0n) is 11.0. The topological polar surface area (TPSA) is 119 Å². The van der Waals surface area contributed by atoms with Crippen LogP contribution in [-0.4, -0.2) is 28.1 Å². The van der Waals surface area contributed by atoms with E-state index in [0.717, 1.165) is 6.26 Å².